The van der Waals surface area contributed by atoms with Crippen molar-refractivity contribution in [2.24, 2.45) is 10.1 Å². The third-order valence-corrected chi connectivity index (χ3v) is 5.85. The van der Waals surface area contributed by atoms with Gasteiger partial charge in [-0.15, -0.1) is 11.7 Å². The lowest BCUT2D eigenvalue weighted by atomic mass is 10.1. The minimum atomic E-state index is -0.496. The molecule has 0 bridgehead atoms. The number of fused-ring (bicyclic) bond motifs is 2. The number of carbonyl (C=O) groups is 1. The molecule has 2 aliphatic rings. The fourth-order valence-corrected chi connectivity index (χ4v) is 4.20. The highest BCUT2D eigenvalue weighted by atomic mass is 32.2. The van der Waals surface area contributed by atoms with Gasteiger partial charge in [-0.1, -0.05) is 66.4 Å². The van der Waals surface area contributed by atoms with Crippen LogP contribution in [0.5, 0.6) is 11.5 Å². The summed E-state index contributed by atoms with van der Waals surface area (Å²) in [5.41, 5.74) is 1.36. The molecule has 158 valence electrons. The second-order valence-corrected chi connectivity index (χ2v) is 8.17. The molecule has 2 aliphatic heterocycles. The van der Waals surface area contributed by atoms with Crippen LogP contribution in [0.2, 0.25) is 0 Å². The van der Waals surface area contributed by atoms with Crippen LogP contribution in [-0.4, -0.2) is 21.8 Å². The van der Waals surface area contributed by atoms with Crippen molar-refractivity contribution in [1.29, 1.82) is 0 Å². The first-order chi connectivity index (χ1) is 15.7. The number of hydrazone groups is 1. The number of nitrogens with zero attached hydrogens (tertiary/aromatic N) is 3. The highest BCUT2D eigenvalue weighted by molar-refractivity contribution is 8.14. The van der Waals surface area contributed by atoms with Crippen molar-refractivity contribution in [1.82, 2.24) is 10.3 Å². The Morgan fingerprint density at radius 3 is 2.66 bits per heavy atom. The van der Waals surface area contributed by atoms with Crippen LogP contribution in [0.25, 0.3) is 5.70 Å². The lowest BCUT2D eigenvalue weighted by Crippen LogP contribution is -2.50. The Bertz CT molecular complexity index is 1340. The molecule has 0 fully saturated rings. The largest absolute Gasteiger partial charge is 0.457 e. The summed E-state index contributed by atoms with van der Waals surface area (Å²) in [7, 11) is 0. The maximum absolute atomic E-state index is 13.1. The number of nitrogens with one attached hydrogen (secondary N) is 1. The van der Waals surface area contributed by atoms with Crippen molar-refractivity contribution in [2.75, 3.05) is 5.75 Å². The number of benzene rings is 3. The van der Waals surface area contributed by atoms with Gasteiger partial charge in [-0.3, -0.25) is 15.1 Å². The third kappa shape index (κ3) is 3.90. The minimum Gasteiger partial charge on any atom is -0.457 e. The molecular formula is C25H20N4O2S. The van der Waals surface area contributed by atoms with Crippen molar-refractivity contribution >= 4 is 28.5 Å². The molecule has 3 aromatic carbocycles. The Morgan fingerprint density at radius 2 is 1.81 bits per heavy atom. The molecular weight excluding hydrogens is 420 g/mol. The lowest BCUT2D eigenvalue weighted by molar-refractivity contribution is -0.116. The zero-order valence-corrected chi connectivity index (χ0v) is 18.0. The van der Waals surface area contributed by atoms with Gasteiger partial charge in [0.25, 0.3) is 5.91 Å². The first-order valence-corrected chi connectivity index (χ1v) is 11.1. The Balaban J connectivity index is 1.59. The first kappa shape index (κ1) is 20.1. The molecule has 32 heavy (non-hydrogen) atoms. The molecule has 0 saturated carbocycles. The van der Waals surface area contributed by atoms with Gasteiger partial charge in [-0.25, -0.2) is 5.01 Å². The first-order valence-electron chi connectivity index (χ1n) is 10.2. The minimum absolute atomic E-state index is 0.199. The van der Waals surface area contributed by atoms with Crippen molar-refractivity contribution < 1.29 is 9.53 Å². The van der Waals surface area contributed by atoms with E-state index in [0.29, 0.717) is 22.4 Å². The second-order valence-electron chi connectivity index (χ2n) is 7.16. The van der Waals surface area contributed by atoms with Gasteiger partial charge in [0.1, 0.15) is 17.2 Å². The highest BCUT2D eigenvalue weighted by Crippen LogP contribution is 2.33. The topological polar surface area (TPSA) is 66.3 Å². The number of amidine groups is 1. The molecule has 1 N–H and O–H groups in total. The van der Waals surface area contributed by atoms with Crippen LogP contribution in [0.3, 0.4) is 0 Å². The van der Waals surface area contributed by atoms with Crippen LogP contribution >= 0.6 is 11.8 Å². The van der Waals surface area contributed by atoms with Crippen molar-refractivity contribution in [3.63, 3.8) is 0 Å². The quantitative estimate of drug-likeness (QED) is 0.617. The van der Waals surface area contributed by atoms with Crippen LogP contribution < -0.4 is 20.6 Å². The molecule has 1 atom stereocenters. The van der Waals surface area contributed by atoms with Crippen LogP contribution in [0, 0.1) is 0 Å². The molecule has 0 aliphatic carbocycles. The fraction of sp³-hybridized carbons (Fsp3) is 0.0800. The van der Waals surface area contributed by atoms with Gasteiger partial charge < -0.3 is 4.74 Å². The average Bonchev–Trinajstić information content (AvgIpc) is 2.83. The van der Waals surface area contributed by atoms with Gasteiger partial charge in [0.15, 0.2) is 11.3 Å². The summed E-state index contributed by atoms with van der Waals surface area (Å²) >= 11 is 1.42. The summed E-state index contributed by atoms with van der Waals surface area (Å²) in [5, 5.41) is 11.4. The SMILES string of the molecule is C=CCSC1=NN2C(=c3ccccc3=NC2c2cccc(Oc3ccccc3)c2)C(=O)N1. The summed E-state index contributed by atoms with van der Waals surface area (Å²) in [4.78, 5) is 18.0. The Hall–Kier alpha value is -3.84. The molecule has 0 radical (unpaired) electrons. The van der Waals surface area contributed by atoms with Crippen LogP contribution in [0.1, 0.15) is 11.7 Å². The highest BCUT2D eigenvalue weighted by Gasteiger charge is 2.34. The molecule has 5 rings (SSSR count). The second kappa shape index (κ2) is 8.72. The predicted molar refractivity (Wildman–Crippen MR) is 126 cm³/mol. The normalized spacial score (nSPS) is 16.8. The fourth-order valence-electron chi connectivity index (χ4n) is 3.61. The number of rotatable bonds is 5. The summed E-state index contributed by atoms with van der Waals surface area (Å²) in [5.74, 6) is 1.88. The smallest absolute Gasteiger partial charge is 0.276 e. The van der Waals surface area contributed by atoms with Crippen LogP contribution in [-0.2, 0) is 4.79 Å². The standard InChI is InChI=1S/C25H20N4O2S/c1-2-15-32-25-27-24(30)22-20-13-6-7-14-21(20)26-23(29(22)28-25)17-9-8-12-19(16-17)31-18-10-4-3-5-11-18/h2-14,16,23H,1,15H2,(H,27,28,30). The van der Waals surface area contributed by atoms with Gasteiger partial charge in [0.2, 0.25) is 0 Å². The predicted octanol–water partition coefficient (Wildman–Crippen LogP) is 3.54. The van der Waals surface area contributed by atoms with E-state index < -0.39 is 6.17 Å². The molecule has 7 heteroatoms. The Kier molecular flexibility index (Phi) is 5.47. The van der Waals surface area contributed by atoms with Crippen molar-refractivity contribution in [3.8, 4) is 11.5 Å². The van der Waals surface area contributed by atoms with Crippen molar-refractivity contribution in [3.05, 3.63) is 108 Å². The zero-order chi connectivity index (χ0) is 21.9. The van der Waals surface area contributed by atoms with Gasteiger partial charge >= 0.3 is 0 Å². The molecule has 1 unspecified atom stereocenters. The van der Waals surface area contributed by atoms with Crippen LogP contribution in [0.4, 0.5) is 0 Å². The average molecular weight is 441 g/mol. The molecule has 3 aromatic rings. The van der Waals surface area contributed by atoms with Crippen LogP contribution in [0.15, 0.2) is 102 Å². The van der Waals surface area contributed by atoms with E-state index in [0.717, 1.165) is 21.9 Å². The molecule has 2 heterocycles. The molecule has 1 amide bonds. The van der Waals surface area contributed by atoms with E-state index in [1.807, 2.05) is 78.9 Å². The van der Waals surface area contributed by atoms with E-state index in [-0.39, 0.29) is 5.91 Å². The summed E-state index contributed by atoms with van der Waals surface area (Å²) in [6, 6.07) is 25.0. The molecule has 0 aromatic heterocycles. The number of hydrogen-bond acceptors (Lipinski definition) is 6. The molecule has 6 nitrogen and oxygen atoms in total. The molecule has 0 saturated heterocycles. The van der Waals surface area contributed by atoms with E-state index in [1.54, 1.807) is 11.1 Å². The van der Waals surface area contributed by atoms with E-state index in [2.05, 4.69) is 11.9 Å². The maximum atomic E-state index is 13.1. The molecule has 0 spiro atoms. The summed E-state index contributed by atoms with van der Waals surface area (Å²) in [6.07, 6.45) is 1.28. The van der Waals surface area contributed by atoms with E-state index in [4.69, 9.17) is 14.8 Å². The van der Waals surface area contributed by atoms with E-state index in [1.165, 1.54) is 11.8 Å². The number of hydrogen-bond donors (Lipinski definition) is 1. The lowest BCUT2D eigenvalue weighted by Gasteiger charge is -2.34. The maximum Gasteiger partial charge on any atom is 0.276 e. The Labute approximate surface area is 189 Å². The van der Waals surface area contributed by atoms with E-state index in [9.17, 15) is 4.79 Å². The number of para-hydroxylation sites is 2. The zero-order valence-electron chi connectivity index (χ0n) is 17.1. The van der Waals surface area contributed by atoms with Gasteiger partial charge in [-0.2, -0.15) is 0 Å². The van der Waals surface area contributed by atoms with Gasteiger partial charge in [-0.05, 0) is 30.3 Å². The summed E-state index contributed by atoms with van der Waals surface area (Å²) in [6.45, 7) is 3.74. The van der Waals surface area contributed by atoms with Gasteiger partial charge in [0, 0.05) is 16.5 Å². The van der Waals surface area contributed by atoms with Crippen molar-refractivity contribution in [2.45, 2.75) is 6.17 Å². The van der Waals surface area contributed by atoms with Gasteiger partial charge in [0.05, 0.1) is 5.36 Å². The monoisotopic (exact) mass is 440 g/mol. The van der Waals surface area contributed by atoms with E-state index >= 15 is 0 Å². The summed E-state index contributed by atoms with van der Waals surface area (Å²) < 4.78 is 6.01. The number of amides is 1. The number of carbonyl (C=O) groups excluding carboxylic acids is 1. The third-order valence-electron chi connectivity index (χ3n) is 4.99. The number of thioether (sulfide) groups is 1. The Morgan fingerprint density at radius 1 is 1.03 bits per heavy atom. The number of ether oxygens (including phenoxy) is 1.